The van der Waals surface area contributed by atoms with Gasteiger partial charge in [-0.05, 0) is 48.0 Å². The molecule has 0 spiro atoms. The number of nitrogen functional groups attached to an aromatic ring is 1. The highest BCUT2D eigenvalue weighted by Gasteiger charge is 2.38. The number of amidine groups is 1. The van der Waals surface area contributed by atoms with Gasteiger partial charge in [0.05, 0.1) is 6.42 Å². The first kappa shape index (κ1) is 32.9. The van der Waals surface area contributed by atoms with E-state index in [1.807, 2.05) is 0 Å². The van der Waals surface area contributed by atoms with E-state index in [2.05, 4.69) is 5.32 Å². The molecule has 0 saturated carbocycles. The zero-order valence-electron chi connectivity index (χ0n) is 20.8. The van der Waals surface area contributed by atoms with Crippen molar-refractivity contribution in [3.05, 3.63) is 76.4 Å². The van der Waals surface area contributed by atoms with Crippen molar-refractivity contribution in [3.8, 4) is 16.2 Å². The first-order valence-electron chi connectivity index (χ1n) is 11.1. The number of benzene rings is 2. The number of esters is 1. The lowest BCUT2D eigenvalue weighted by Crippen LogP contribution is -2.42. The third-order valence-corrected chi connectivity index (χ3v) is 6.02. The Balaban J connectivity index is 0.000000782. The maximum Gasteiger partial charge on any atom is 0.490 e. The van der Waals surface area contributed by atoms with Gasteiger partial charge in [0.25, 0.3) is 5.91 Å². The number of hydrogen-bond acceptors (Lipinski definition) is 8. The second kappa shape index (κ2) is 13.8. The van der Waals surface area contributed by atoms with Gasteiger partial charge < -0.3 is 31.1 Å². The van der Waals surface area contributed by atoms with Crippen molar-refractivity contribution < 1.29 is 61.6 Å². The van der Waals surface area contributed by atoms with Crippen LogP contribution < -0.4 is 15.8 Å². The number of amides is 1. The first-order valence-corrected chi connectivity index (χ1v) is 11.9. The number of carbonyl (C=O) groups is 5. The lowest BCUT2D eigenvalue weighted by molar-refractivity contribution is -0.192. The summed E-state index contributed by atoms with van der Waals surface area (Å²) in [5, 5.41) is 34.4. The van der Waals surface area contributed by atoms with Gasteiger partial charge in [-0.2, -0.15) is 13.2 Å². The van der Waals surface area contributed by atoms with Gasteiger partial charge in [-0.15, -0.1) is 11.3 Å². The summed E-state index contributed by atoms with van der Waals surface area (Å²) in [6.07, 6.45) is -5.85. The molecule has 222 valence electrons. The summed E-state index contributed by atoms with van der Waals surface area (Å²) in [4.78, 5) is 56.3. The molecule has 0 aliphatic rings. The molecule has 0 aliphatic carbocycles. The van der Waals surface area contributed by atoms with Crippen molar-refractivity contribution in [2.75, 3.05) is 0 Å². The summed E-state index contributed by atoms with van der Waals surface area (Å²) in [7, 11) is 0. The van der Waals surface area contributed by atoms with E-state index in [-0.39, 0.29) is 27.6 Å². The lowest BCUT2D eigenvalue weighted by atomic mass is 10.1. The summed E-state index contributed by atoms with van der Waals surface area (Å²) in [5.74, 6) is -8.61. The molecule has 0 aliphatic heterocycles. The fraction of sp³-hybridized carbons (Fsp3) is 0.120. The summed E-state index contributed by atoms with van der Waals surface area (Å²) < 4.78 is 51.0. The molecule has 0 bridgehead atoms. The molecular formula is C25H19F4N3O9S. The lowest BCUT2D eigenvalue weighted by Gasteiger charge is -2.12. The van der Waals surface area contributed by atoms with E-state index in [0.29, 0.717) is 10.4 Å². The molecule has 17 heteroatoms. The van der Waals surface area contributed by atoms with Crippen LogP contribution in [0.15, 0.2) is 54.6 Å². The molecule has 12 nitrogen and oxygen atoms in total. The highest BCUT2D eigenvalue weighted by atomic mass is 32.1. The normalized spacial score (nSPS) is 11.3. The monoisotopic (exact) mass is 613 g/mol. The van der Waals surface area contributed by atoms with Crippen LogP contribution in [0.5, 0.6) is 5.75 Å². The van der Waals surface area contributed by atoms with E-state index >= 15 is 0 Å². The third-order valence-electron chi connectivity index (χ3n) is 4.91. The quantitative estimate of drug-likeness (QED) is 0.0680. The topological polar surface area (TPSA) is 217 Å². The van der Waals surface area contributed by atoms with Gasteiger partial charge in [-0.3, -0.25) is 15.0 Å². The smallest absolute Gasteiger partial charge is 0.481 e. The Labute approximate surface area is 236 Å². The number of ether oxygens (including phenoxy) is 1. The van der Waals surface area contributed by atoms with E-state index in [1.54, 1.807) is 18.2 Å². The number of thiophene rings is 1. The molecule has 1 atom stereocenters. The van der Waals surface area contributed by atoms with Crippen LogP contribution in [0.3, 0.4) is 0 Å². The van der Waals surface area contributed by atoms with Crippen LogP contribution in [0.25, 0.3) is 10.4 Å². The van der Waals surface area contributed by atoms with Crippen molar-refractivity contribution in [1.29, 1.82) is 5.41 Å². The zero-order valence-corrected chi connectivity index (χ0v) is 21.6. The summed E-state index contributed by atoms with van der Waals surface area (Å²) >= 11 is 1.07. The summed E-state index contributed by atoms with van der Waals surface area (Å²) in [6.45, 7) is 0. The van der Waals surface area contributed by atoms with Crippen LogP contribution in [0.2, 0.25) is 0 Å². The summed E-state index contributed by atoms with van der Waals surface area (Å²) in [6, 6.07) is 11.1. The first-order chi connectivity index (χ1) is 19.5. The van der Waals surface area contributed by atoms with Gasteiger partial charge >= 0.3 is 30.1 Å². The Kier molecular flexibility index (Phi) is 10.8. The number of rotatable bonds is 9. The van der Waals surface area contributed by atoms with Crippen LogP contribution >= 0.6 is 11.3 Å². The largest absolute Gasteiger partial charge is 0.490 e. The van der Waals surface area contributed by atoms with Crippen LogP contribution in [0.4, 0.5) is 17.6 Å². The Hall–Kier alpha value is -5.32. The van der Waals surface area contributed by atoms with Gasteiger partial charge in [0, 0.05) is 16.0 Å². The van der Waals surface area contributed by atoms with Crippen LogP contribution in [-0.2, 0) is 14.4 Å². The Morgan fingerprint density at radius 1 is 0.952 bits per heavy atom. The van der Waals surface area contributed by atoms with Crippen LogP contribution in [-0.4, -0.2) is 63.2 Å². The molecule has 0 radical (unpaired) electrons. The van der Waals surface area contributed by atoms with E-state index in [1.165, 1.54) is 30.3 Å². The van der Waals surface area contributed by atoms with Crippen molar-refractivity contribution in [2.45, 2.75) is 18.6 Å². The molecule has 0 fully saturated rings. The van der Waals surface area contributed by atoms with Gasteiger partial charge in [0.1, 0.15) is 16.8 Å². The second-order valence-electron chi connectivity index (χ2n) is 7.95. The molecule has 1 heterocycles. The Morgan fingerprint density at radius 3 is 2.00 bits per heavy atom. The standard InChI is InChI=1S/C23H18FN3O7S.C2HF3O2/c24-14-9-13(20(25)26)5-6-16(14)34-23(33)18-8-7-17(35-18)11-1-3-12(4-2-11)21(30)27-15(22(31)32)10-19(28)29;3-2(4,5)1(6)7/h1-9,15H,10H2,(H3,25,26)(H,27,30)(H,28,29)(H,31,32);(H,6,7)/t15-;/m0./s1. The molecular weight excluding hydrogens is 594 g/mol. The fourth-order valence-electron chi connectivity index (χ4n) is 2.91. The molecule has 3 aromatic rings. The van der Waals surface area contributed by atoms with Gasteiger partial charge in [-0.25, -0.2) is 18.8 Å². The van der Waals surface area contributed by atoms with Gasteiger partial charge in [0.2, 0.25) is 0 Å². The van der Waals surface area contributed by atoms with Gasteiger partial charge in [0.15, 0.2) is 11.6 Å². The average molecular weight is 613 g/mol. The average Bonchev–Trinajstić information content (AvgIpc) is 3.39. The highest BCUT2D eigenvalue weighted by Crippen LogP contribution is 2.30. The molecule has 0 saturated heterocycles. The Morgan fingerprint density at radius 2 is 1.52 bits per heavy atom. The predicted molar refractivity (Wildman–Crippen MR) is 137 cm³/mol. The van der Waals surface area contributed by atoms with Crippen molar-refractivity contribution >= 4 is 47.0 Å². The number of alkyl halides is 3. The predicted octanol–water partition coefficient (Wildman–Crippen LogP) is 3.35. The minimum absolute atomic E-state index is 0.117. The number of nitrogens with two attached hydrogens (primary N) is 1. The maximum absolute atomic E-state index is 14.1. The van der Waals surface area contributed by atoms with Crippen molar-refractivity contribution in [2.24, 2.45) is 5.73 Å². The molecule has 7 N–H and O–H groups in total. The maximum atomic E-state index is 14.1. The SMILES string of the molecule is N=C(N)c1ccc(OC(=O)c2ccc(-c3ccc(C(=O)N[C@@H](CC(=O)O)C(=O)O)cc3)s2)c(F)c1.O=C(O)C(F)(F)F. The second-order valence-corrected chi connectivity index (χ2v) is 9.04. The number of nitrogens with one attached hydrogen (secondary N) is 2. The zero-order chi connectivity index (χ0) is 31.8. The van der Waals surface area contributed by atoms with Crippen molar-refractivity contribution in [1.82, 2.24) is 5.32 Å². The van der Waals surface area contributed by atoms with E-state index in [0.717, 1.165) is 17.4 Å². The van der Waals surface area contributed by atoms with Crippen LogP contribution in [0, 0.1) is 11.2 Å². The van der Waals surface area contributed by atoms with Crippen molar-refractivity contribution in [3.63, 3.8) is 0 Å². The highest BCUT2D eigenvalue weighted by molar-refractivity contribution is 7.17. The Bertz CT molecular complexity index is 1520. The number of hydrogen-bond donors (Lipinski definition) is 6. The molecule has 1 amide bonds. The molecule has 0 unspecified atom stereocenters. The molecule has 3 rings (SSSR count). The number of aliphatic carboxylic acids is 3. The summed E-state index contributed by atoms with van der Waals surface area (Å²) in [5.41, 5.74) is 6.21. The van der Waals surface area contributed by atoms with Crippen LogP contribution in [0.1, 0.15) is 32.0 Å². The molecule has 42 heavy (non-hydrogen) atoms. The number of carbonyl (C=O) groups excluding carboxylic acids is 2. The number of carboxylic acid groups (broad SMARTS) is 3. The van der Waals surface area contributed by atoms with E-state index < -0.39 is 54.2 Å². The minimum Gasteiger partial charge on any atom is -0.481 e. The molecule has 1 aromatic heterocycles. The van der Waals surface area contributed by atoms with E-state index in [4.69, 9.17) is 36.0 Å². The number of carboxylic acids is 3. The fourth-order valence-corrected chi connectivity index (χ4v) is 3.79. The molecule has 2 aromatic carbocycles. The van der Waals surface area contributed by atoms with E-state index in [9.17, 15) is 36.7 Å². The third kappa shape index (κ3) is 9.40. The minimum atomic E-state index is -5.08. The number of halogens is 4. The van der Waals surface area contributed by atoms with Gasteiger partial charge in [-0.1, -0.05) is 12.1 Å².